The zero-order valence-electron chi connectivity index (χ0n) is 24.7. The lowest BCUT2D eigenvalue weighted by Gasteiger charge is -2.27. The molecule has 1 unspecified atom stereocenters. The highest BCUT2D eigenvalue weighted by Crippen LogP contribution is 2.32. The van der Waals surface area contributed by atoms with E-state index in [-0.39, 0.29) is 35.5 Å². The molecule has 1 amide bonds. The standard InChI is InChI=1S/C28H34F2N6O6S/c1-7-35(8-2)27-31-17-23(36(9-3)43(39,40)24-15-10-19(29)16-22(24)30)25(33-27)32-18(4)26(37)41-20-11-13-21(14-12-20)42-28(38)34(5)6/h10-18H,7-9H2,1-6H3,(H,31,32,33). The van der Waals surface area contributed by atoms with Gasteiger partial charge >= 0.3 is 12.1 Å². The molecular formula is C28H34F2N6O6S. The minimum atomic E-state index is -4.54. The average molecular weight is 621 g/mol. The summed E-state index contributed by atoms with van der Waals surface area (Å²) in [4.78, 5) is 35.9. The number of rotatable bonds is 12. The third-order valence-corrected chi connectivity index (χ3v) is 8.06. The fourth-order valence-corrected chi connectivity index (χ4v) is 5.34. The van der Waals surface area contributed by atoms with Crippen LogP contribution in [0.3, 0.4) is 0 Å². The van der Waals surface area contributed by atoms with Crippen LogP contribution in [0.15, 0.2) is 53.6 Å². The Kier molecular flexibility index (Phi) is 10.8. The SMILES string of the molecule is CCN(CC)c1ncc(N(CC)S(=O)(=O)c2ccc(F)cc2F)c(NC(C)C(=O)Oc2ccc(OC(=O)N(C)C)cc2)n1. The van der Waals surface area contributed by atoms with Crippen molar-refractivity contribution in [3.8, 4) is 11.5 Å². The molecule has 15 heteroatoms. The fraction of sp³-hybridized carbons (Fsp3) is 0.357. The molecule has 1 aromatic heterocycles. The number of halogens is 2. The van der Waals surface area contributed by atoms with Gasteiger partial charge in [-0.3, -0.25) is 4.31 Å². The molecule has 0 aliphatic rings. The Labute approximate surface area is 249 Å². The van der Waals surface area contributed by atoms with E-state index in [1.165, 1.54) is 63.3 Å². The second-order valence-electron chi connectivity index (χ2n) is 9.34. The molecule has 0 aliphatic heterocycles. The molecular weight excluding hydrogens is 586 g/mol. The van der Waals surface area contributed by atoms with Crippen LogP contribution in [0.1, 0.15) is 27.7 Å². The van der Waals surface area contributed by atoms with Gasteiger partial charge in [-0.15, -0.1) is 0 Å². The van der Waals surface area contributed by atoms with Crippen LogP contribution in [0.25, 0.3) is 0 Å². The summed E-state index contributed by atoms with van der Waals surface area (Å²) < 4.78 is 66.6. The van der Waals surface area contributed by atoms with E-state index in [1.54, 1.807) is 0 Å². The summed E-state index contributed by atoms with van der Waals surface area (Å²) in [6.07, 6.45) is 0.690. The van der Waals surface area contributed by atoms with E-state index in [4.69, 9.17) is 9.47 Å². The summed E-state index contributed by atoms with van der Waals surface area (Å²) in [5, 5.41) is 2.90. The lowest BCUT2D eigenvalue weighted by Crippen LogP contribution is -2.35. The number of benzene rings is 2. The number of esters is 1. The van der Waals surface area contributed by atoms with E-state index in [9.17, 15) is 26.8 Å². The van der Waals surface area contributed by atoms with E-state index in [0.717, 1.165) is 16.4 Å². The minimum absolute atomic E-state index is 0.0276. The van der Waals surface area contributed by atoms with Crippen molar-refractivity contribution in [3.05, 3.63) is 60.3 Å². The van der Waals surface area contributed by atoms with E-state index >= 15 is 0 Å². The van der Waals surface area contributed by atoms with Crippen molar-refractivity contribution in [1.29, 1.82) is 0 Å². The molecule has 3 aromatic rings. The molecule has 2 aromatic carbocycles. The molecule has 0 spiro atoms. The van der Waals surface area contributed by atoms with Crippen LogP contribution in [-0.2, 0) is 14.8 Å². The predicted molar refractivity (Wildman–Crippen MR) is 157 cm³/mol. The molecule has 1 atom stereocenters. The number of anilines is 3. The lowest BCUT2D eigenvalue weighted by molar-refractivity contribution is -0.134. The maximum Gasteiger partial charge on any atom is 0.414 e. The zero-order valence-corrected chi connectivity index (χ0v) is 25.5. The first-order chi connectivity index (χ1) is 20.3. The van der Waals surface area contributed by atoms with Crippen molar-refractivity contribution in [2.75, 3.05) is 48.3 Å². The zero-order chi connectivity index (χ0) is 31.9. The molecule has 0 aliphatic carbocycles. The molecule has 1 heterocycles. The van der Waals surface area contributed by atoms with Gasteiger partial charge in [-0.1, -0.05) is 0 Å². The van der Waals surface area contributed by atoms with Gasteiger partial charge in [0.05, 0.1) is 6.20 Å². The Balaban J connectivity index is 1.93. The van der Waals surface area contributed by atoms with Gasteiger partial charge in [0.15, 0.2) is 5.82 Å². The molecule has 0 radical (unpaired) electrons. The van der Waals surface area contributed by atoms with Gasteiger partial charge in [0.2, 0.25) is 5.95 Å². The van der Waals surface area contributed by atoms with Crippen molar-refractivity contribution in [2.45, 2.75) is 38.6 Å². The number of nitrogens with zero attached hydrogens (tertiary/aromatic N) is 5. The average Bonchev–Trinajstić information content (AvgIpc) is 2.95. The van der Waals surface area contributed by atoms with Crippen LogP contribution in [0, 0.1) is 11.6 Å². The van der Waals surface area contributed by atoms with E-state index in [2.05, 4.69) is 15.3 Å². The summed E-state index contributed by atoms with van der Waals surface area (Å²) >= 11 is 0. The van der Waals surface area contributed by atoms with Crippen molar-refractivity contribution < 1.29 is 36.3 Å². The second kappa shape index (κ2) is 14.1. The van der Waals surface area contributed by atoms with E-state index < -0.39 is 44.7 Å². The Morgan fingerprint density at radius 1 is 0.953 bits per heavy atom. The van der Waals surface area contributed by atoms with Crippen molar-refractivity contribution in [1.82, 2.24) is 14.9 Å². The summed E-state index contributed by atoms with van der Waals surface area (Å²) in [6.45, 7) is 7.72. The first-order valence-corrected chi connectivity index (χ1v) is 14.8. The first-order valence-electron chi connectivity index (χ1n) is 13.4. The number of hydrogen-bond acceptors (Lipinski definition) is 10. The molecule has 3 rings (SSSR count). The van der Waals surface area contributed by atoms with Crippen LogP contribution in [0.2, 0.25) is 0 Å². The van der Waals surface area contributed by atoms with Gasteiger partial charge in [0, 0.05) is 39.8 Å². The van der Waals surface area contributed by atoms with Crippen molar-refractivity contribution >= 4 is 39.5 Å². The van der Waals surface area contributed by atoms with Crippen molar-refractivity contribution in [3.63, 3.8) is 0 Å². The molecule has 232 valence electrons. The highest BCUT2D eigenvalue weighted by Gasteiger charge is 2.31. The molecule has 43 heavy (non-hydrogen) atoms. The number of nitrogens with one attached hydrogen (secondary N) is 1. The first kappa shape index (κ1) is 33.0. The number of carbonyl (C=O) groups is 2. The Morgan fingerprint density at radius 2 is 1.56 bits per heavy atom. The quantitative estimate of drug-likeness (QED) is 0.231. The molecule has 12 nitrogen and oxygen atoms in total. The molecule has 0 fully saturated rings. The summed E-state index contributed by atoms with van der Waals surface area (Å²) in [7, 11) is -1.46. The maximum absolute atomic E-state index is 14.6. The molecule has 0 bridgehead atoms. The van der Waals surface area contributed by atoms with E-state index in [0.29, 0.717) is 19.2 Å². The smallest absolute Gasteiger partial charge is 0.414 e. The van der Waals surface area contributed by atoms with Crippen LogP contribution in [0.5, 0.6) is 11.5 Å². The normalized spacial score (nSPS) is 11.8. The maximum atomic E-state index is 14.6. The fourth-order valence-electron chi connectivity index (χ4n) is 3.82. The predicted octanol–water partition coefficient (Wildman–Crippen LogP) is 4.28. The van der Waals surface area contributed by atoms with Crippen molar-refractivity contribution in [2.24, 2.45) is 0 Å². The molecule has 0 saturated carbocycles. The second-order valence-corrected chi connectivity index (χ2v) is 11.2. The summed E-state index contributed by atoms with van der Waals surface area (Å²) in [5.74, 6) is -2.26. The van der Waals surface area contributed by atoms with Gasteiger partial charge in [0.1, 0.15) is 39.8 Å². The van der Waals surface area contributed by atoms with Gasteiger partial charge < -0.3 is 24.6 Å². The van der Waals surface area contributed by atoms with Crippen LogP contribution in [0.4, 0.5) is 31.0 Å². The monoisotopic (exact) mass is 620 g/mol. The number of ether oxygens (including phenoxy) is 2. The van der Waals surface area contributed by atoms with Crippen LogP contribution >= 0.6 is 0 Å². The Morgan fingerprint density at radius 3 is 2.09 bits per heavy atom. The number of aromatic nitrogens is 2. The van der Waals surface area contributed by atoms with Gasteiger partial charge in [0.25, 0.3) is 10.0 Å². The number of hydrogen-bond donors (Lipinski definition) is 1. The number of amides is 1. The highest BCUT2D eigenvalue weighted by molar-refractivity contribution is 7.92. The highest BCUT2D eigenvalue weighted by atomic mass is 32.2. The van der Waals surface area contributed by atoms with Crippen LogP contribution < -0.4 is 24.0 Å². The topological polar surface area (TPSA) is 134 Å². The summed E-state index contributed by atoms with van der Waals surface area (Å²) in [5.41, 5.74) is -0.0613. The molecule has 1 N–H and O–H groups in total. The third kappa shape index (κ3) is 7.85. The minimum Gasteiger partial charge on any atom is -0.425 e. The van der Waals surface area contributed by atoms with Gasteiger partial charge in [-0.25, -0.2) is 31.8 Å². The van der Waals surface area contributed by atoms with E-state index in [1.807, 2.05) is 18.7 Å². The van der Waals surface area contributed by atoms with Gasteiger partial charge in [-0.05, 0) is 64.1 Å². The Hall–Kier alpha value is -4.53. The Bertz CT molecular complexity index is 1550. The number of sulfonamides is 1. The van der Waals surface area contributed by atoms with Crippen LogP contribution in [-0.4, -0.2) is 75.1 Å². The lowest BCUT2D eigenvalue weighted by atomic mass is 10.3. The summed E-state index contributed by atoms with van der Waals surface area (Å²) in [6, 6.07) is 6.93. The molecule has 0 saturated heterocycles. The van der Waals surface area contributed by atoms with Gasteiger partial charge in [-0.2, -0.15) is 4.98 Å². The number of carbonyl (C=O) groups excluding carboxylic acids is 2. The third-order valence-electron chi connectivity index (χ3n) is 6.14. The largest absolute Gasteiger partial charge is 0.425 e.